The number of hydrogen-bond donors (Lipinski definition) is 2. The second-order valence-corrected chi connectivity index (χ2v) is 6.15. The Morgan fingerprint density at radius 2 is 1.29 bits per heavy atom. The monoisotopic (exact) mass is 340 g/mol. The maximum atomic E-state index is 13.0. The summed E-state index contributed by atoms with van der Waals surface area (Å²) in [5.74, 6) is -0.646. The van der Waals surface area contributed by atoms with E-state index < -0.39 is 0 Å². The Labute approximate surface area is 145 Å². The Balaban J connectivity index is 2.88. The summed E-state index contributed by atoms with van der Waals surface area (Å²) in [7, 11) is 0. The maximum Gasteiger partial charge on any atom is 0.226 e. The molecule has 0 bridgehead atoms. The van der Waals surface area contributed by atoms with Crippen molar-refractivity contribution in [1.29, 1.82) is 0 Å². The largest absolute Gasteiger partial charge is 0.396 e. The van der Waals surface area contributed by atoms with E-state index >= 15 is 0 Å². The molecule has 0 saturated heterocycles. The van der Waals surface area contributed by atoms with Crippen LogP contribution >= 0.6 is 0 Å². The molecule has 1 aliphatic rings. The third-order valence-corrected chi connectivity index (χ3v) is 4.63. The standard InChI is InChI=1S/C18H32N2O4/c1-3-19(4-2)17(23)15-9-5-6-10-16(15)18(24)20(11-7-13-21)12-8-14-22/h5-6,15-16,21-22H,3-4,7-14H2,1-2H3. The summed E-state index contributed by atoms with van der Waals surface area (Å²) < 4.78 is 0. The van der Waals surface area contributed by atoms with Gasteiger partial charge in [-0.15, -0.1) is 0 Å². The molecule has 0 spiro atoms. The van der Waals surface area contributed by atoms with Crippen LogP contribution in [0.1, 0.15) is 39.5 Å². The SMILES string of the molecule is CCN(CC)C(=O)C1CC=CCC1C(=O)N(CCCO)CCCO. The van der Waals surface area contributed by atoms with E-state index in [9.17, 15) is 9.59 Å². The molecule has 0 heterocycles. The van der Waals surface area contributed by atoms with Gasteiger partial charge in [0.1, 0.15) is 0 Å². The average Bonchev–Trinajstić information content (AvgIpc) is 2.62. The van der Waals surface area contributed by atoms with Gasteiger partial charge in [0.2, 0.25) is 11.8 Å². The summed E-state index contributed by atoms with van der Waals surface area (Å²) in [4.78, 5) is 29.2. The molecule has 0 aliphatic heterocycles. The van der Waals surface area contributed by atoms with Gasteiger partial charge in [0.05, 0.1) is 11.8 Å². The zero-order valence-corrected chi connectivity index (χ0v) is 15.0. The Bertz CT molecular complexity index is 413. The van der Waals surface area contributed by atoms with Crippen LogP contribution in [0.25, 0.3) is 0 Å². The van der Waals surface area contributed by atoms with Crippen LogP contribution in [0.15, 0.2) is 12.2 Å². The molecule has 24 heavy (non-hydrogen) atoms. The number of amides is 2. The van der Waals surface area contributed by atoms with Crippen LogP contribution in [0.3, 0.4) is 0 Å². The van der Waals surface area contributed by atoms with Crippen LogP contribution in [0, 0.1) is 11.8 Å². The molecule has 1 aliphatic carbocycles. The van der Waals surface area contributed by atoms with Crippen molar-refractivity contribution in [3.63, 3.8) is 0 Å². The van der Waals surface area contributed by atoms with Crippen molar-refractivity contribution in [3.05, 3.63) is 12.2 Å². The summed E-state index contributed by atoms with van der Waals surface area (Å²) in [5, 5.41) is 18.1. The average molecular weight is 340 g/mol. The number of aliphatic hydroxyl groups excluding tert-OH is 2. The molecule has 0 fully saturated rings. The first kappa shape index (κ1) is 20.6. The van der Waals surface area contributed by atoms with Crippen molar-refractivity contribution in [2.75, 3.05) is 39.4 Å². The zero-order chi connectivity index (χ0) is 17.9. The summed E-state index contributed by atoms with van der Waals surface area (Å²) >= 11 is 0. The van der Waals surface area contributed by atoms with Crippen LogP contribution in [0.5, 0.6) is 0 Å². The molecule has 0 aromatic carbocycles. The Morgan fingerprint density at radius 1 is 0.875 bits per heavy atom. The number of rotatable bonds is 10. The molecular formula is C18H32N2O4. The van der Waals surface area contributed by atoms with Crippen LogP contribution in [-0.4, -0.2) is 71.2 Å². The highest BCUT2D eigenvalue weighted by molar-refractivity contribution is 5.88. The van der Waals surface area contributed by atoms with Crippen LogP contribution in [-0.2, 0) is 9.59 Å². The van der Waals surface area contributed by atoms with E-state index in [-0.39, 0.29) is 36.9 Å². The van der Waals surface area contributed by atoms with Gasteiger partial charge in [-0.3, -0.25) is 9.59 Å². The van der Waals surface area contributed by atoms with Crippen molar-refractivity contribution in [1.82, 2.24) is 9.80 Å². The molecule has 0 saturated carbocycles. The number of carbonyl (C=O) groups excluding carboxylic acids is 2. The van der Waals surface area contributed by atoms with Crippen molar-refractivity contribution >= 4 is 11.8 Å². The van der Waals surface area contributed by atoms with Gasteiger partial charge in [-0.2, -0.15) is 0 Å². The van der Waals surface area contributed by atoms with Crippen molar-refractivity contribution in [2.24, 2.45) is 11.8 Å². The fourth-order valence-electron chi connectivity index (χ4n) is 3.22. The van der Waals surface area contributed by atoms with E-state index in [1.54, 1.807) is 9.80 Å². The highest BCUT2D eigenvalue weighted by Crippen LogP contribution is 2.29. The molecule has 0 aromatic heterocycles. The third kappa shape index (κ3) is 5.60. The van der Waals surface area contributed by atoms with E-state index in [0.717, 1.165) is 0 Å². The zero-order valence-electron chi connectivity index (χ0n) is 15.0. The molecule has 0 aromatic rings. The second kappa shape index (κ2) is 11.2. The van der Waals surface area contributed by atoms with Gasteiger partial charge in [0.25, 0.3) is 0 Å². The Kier molecular flexibility index (Phi) is 9.64. The minimum atomic E-state index is -0.347. The number of hydrogen-bond acceptors (Lipinski definition) is 4. The normalized spacial score (nSPS) is 20.0. The van der Waals surface area contributed by atoms with Crippen LogP contribution < -0.4 is 0 Å². The predicted molar refractivity (Wildman–Crippen MR) is 93.3 cm³/mol. The van der Waals surface area contributed by atoms with Gasteiger partial charge in [-0.25, -0.2) is 0 Å². The third-order valence-electron chi connectivity index (χ3n) is 4.63. The molecular weight excluding hydrogens is 308 g/mol. The van der Waals surface area contributed by atoms with Crippen LogP contribution in [0.2, 0.25) is 0 Å². The van der Waals surface area contributed by atoms with Crippen molar-refractivity contribution in [3.8, 4) is 0 Å². The minimum absolute atomic E-state index is 0.0231. The first-order chi connectivity index (χ1) is 11.6. The summed E-state index contributed by atoms with van der Waals surface area (Å²) in [5.41, 5.74) is 0. The number of carbonyl (C=O) groups is 2. The maximum absolute atomic E-state index is 13.0. The molecule has 2 atom stereocenters. The molecule has 6 heteroatoms. The molecule has 1 rings (SSSR count). The lowest BCUT2D eigenvalue weighted by Crippen LogP contribution is -2.46. The topological polar surface area (TPSA) is 81.1 Å². The minimum Gasteiger partial charge on any atom is -0.396 e. The van der Waals surface area contributed by atoms with E-state index in [0.29, 0.717) is 51.9 Å². The number of nitrogens with zero attached hydrogens (tertiary/aromatic N) is 2. The van der Waals surface area contributed by atoms with E-state index in [1.165, 1.54) is 0 Å². The number of aliphatic hydroxyl groups is 2. The fraction of sp³-hybridized carbons (Fsp3) is 0.778. The molecule has 0 radical (unpaired) electrons. The van der Waals surface area contributed by atoms with E-state index in [2.05, 4.69) is 0 Å². The van der Waals surface area contributed by atoms with E-state index in [1.807, 2.05) is 26.0 Å². The van der Waals surface area contributed by atoms with Gasteiger partial charge < -0.3 is 20.0 Å². The smallest absolute Gasteiger partial charge is 0.226 e. The first-order valence-corrected chi connectivity index (χ1v) is 9.04. The molecule has 2 unspecified atom stereocenters. The molecule has 2 N–H and O–H groups in total. The van der Waals surface area contributed by atoms with Crippen molar-refractivity contribution in [2.45, 2.75) is 39.5 Å². The predicted octanol–water partition coefficient (Wildman–Crippen LogP) is 1.03. The molecule has 138 valence electrons. The van der Waals surface area contributed by atoms with Gasteiger partial charge in [0.15, 0.2) is 0 Å². The summed E-state index contributed by atoms with van der Waals surface area (Å²) in [6.45, 7) is 6.16. The molecule has 6 nitrogen and oxygen atoms in total. The van der Waals surface area contributed by atoms with Crippen LogP contribution in [0.4, 0.5) is 0 Å². The molecule has 2 amide bonds. The summed E-state index contributed by atoms with van der Waals surface area (Å²) in [6.07, 6.45) is 6.15. The van der Waals surface area contributed by atoms with Gasteiger partial charge in [-0.1, -0.05) is 12.2 Å². The number of allylic oxidation sites excluding steroid dienone is 2. The van der Waals surface area contributed by atoms with Crippen molar-refractivity contribution < 1.29 is 19.8 Å². The van der Waals surface area contributed by atoms with E-state index in [4.69, 9.17) is 10.2 Å². The first-order valence-electron chi connectivity index (χ1n) is 9.04. The lowest BCUT2D eigenvalue weighted by Gasteiger charge is -2.34. The van der Waals surface area contributed by atoms with Gasteiger partial charge in [-0.05, 0) is 39.5 Å². The Hall–Kier alpha value is -1.40. The Morgan fingerprint density at radius 3 is 1.67 bits per heavy atom. The fourth-order valence-corrected chi connectivity index (χ4v) is 3.22. The highest BCUT2D eigenvalue weighted by atomic mass is 16.3. The highest BCUT2D eigenvalue weighted by Gasteiger charge is 2.37. The lowest BCUT2D eigenvalue weighted by molar-refractivity contribution is -0.146. The quantitative estimate of drug-likeness (QED) is 0.582. The lowest BCUT2D eigenvalue weighted by atomic mass is 9.81. The second-order valence-electron chi connectivity index (χ2n) is 6.15. The van der Waals surface area contributed by atoms with Gasteiger partial charge in [0, 0.05) is 39.4 Å². The van der Waals surface area contributed by atoms with Gasteiger partial charge >= 0.3 is 0 Å². The summed E-state index contributed by atoms with van der Waals surface area (Å²) in [6, 6.07) is 0.